The van der Waals surface area contributed by atoms with Crippen LogP contribution in [-0.4, -0.2) is 12.4 Å². The van der Waals surface area contributed by atoms with E-state index in [0.717, 1.165) is 19.0 Å². The topological polar surface area (TPSA) is 12.0 Å². The van der Waals surface area contributed by atoms with Crippen molar-refractivity contribution in [1.82, 2.24) is 5.32 Å². The van der Waals surface area contributed by atoms with Gasteiger partial charge in [-0.25, -0.2) is 0 Å². The molecule has 1 rings (SSSR count). The van der Waals surface area contributed by atoms with Crippen molar-refractivity contribution < 1.29 is 0 Å². The normalized spacial score (nSPS) is 13.2. The number of hydrogen-bond donors (Lipinski definition) is 1. The lowest BCUT2D eigenvalue weighted by atomic mass is 10.2. The van der Waals surface area contributed by atoms with Crippen molar-refractivity contribution in [2.45, 2.75) is 13.5 Å². The van der Waals surface area contributed by atoms with Crippen molar-refractivity contribution in [3.63, 3.8) is 0 Å². The summed E-state index contributed by atoms with van der Waals surface area (Å²) in [5.41, 5.74) is 0. The van der Waals surface area contributed by atoms with Crippen LogP contribution in [0.2, 0.25) is 0 Å². The Bertz CT molecular complexity index is 252. The van der Waals surface area contributed by atoms with Crippen LogP contribution in [0.4, 0.5) is 0 Å². The fourth-order valence-electron chi connectivity index (χ4n) is 0.943. The molecule has 0 fully saturated rings. The molecule has 1 aromatic rings. The first-order valence-electron chi connectivity index (χ1n) is 4.22. The zero-order chi connectivity index (χ0) is 9.68. The van der Waals surface area contributed by atoms with Crippen LogP contribution in [0.1, 0.15) is 11.8 Å². The zero-order valence-electron chi connectivity index (χ0n) is 7.52. The van der Waals surface area contributed by atoms with Gasteiger partial charge in [0.05, 0.1) is 0 Å². The van der Waals surface area contributed by atoms with Crippen LogP contribution < -0.4 is 5.32 Å². The Morgan fingerprint density at radius 1 is 1.69 bits per heavy atom. The maximum atomic E-state index is 5.69. The van der Waals surface area contributed by atoms with E-state index in [-0.39, 0.29) is 0 Å². The molecule has 1 aromatic heterocycles. The highest BCUT2D eigenvalue weighted by atomic mass is 79.9. The molecule has 1 unspecified atom stereocenters. The monoisotopic (exact) mass is 281 g/mol. The molecule has 13 heavy (non-hydrogen) atoms. The Kier molecular flexibility index (Phi) is 5.32. The van der Waals surface area contributed by atoms with Crippen molar-refractivity contribution in [1.29, 1.82) is 0 Å². The minimum absolute atomic E-state index is 0.546. The Morgan fingerprint density at radius 2 is 2.46 bits per heavy atom. The first-order valence-corrected chi connectivity index (χ1v) is 6.42. The number of alkyl halides is 1. The van der Waals surface area contributed by atoms with Crippen LogP contribution in [0.15, 0.2) is 15.9 Å². The SMILES string of the molecule is CC(CCl)CNCc1cc(Br)cs1. The lowest BCUT2D eigenvalue weighted by Crippen LogP contribution is -2.20. The van der Waals surface area contributed by atoms with E-state index in [1.807, 2.05) is 0 Å². The van der Waals surface area contributed by atoms with Gasteiger partial charge in [0, 0.05) is 27.2 Å². The number of rotatable bonds is 5. The van der Waals surface area contributed by atoms with E-state index < -0.39 is 0 Å². The van der Waals surface area contributed by atoms with E-state index in [0.29, 0.717) is 5.92 Å². The van der Waals surface area contributed by atoms with Gasteiger partial charge in [-0.1, -0.05) is 6.92 Å². The molecule has 0 aliphatic heterocycles. The number of halogens is 2. The molecule has 0 aliphatic rings. The van der Waals surface area contributed by atoms with E-state index in [4.69, 9.17) is 11.6 Å². The molecule has 0 aromatic carbocycles. The van der Waals surface area contributed by atoms with Crippen LogP contribution in [0, 0.1) is 5.92 Å². The van der Waals surface area contributed by atoms with Crippen LogP contribution in [-0.2, 0) is 6.54 Å². The third-order valence-corrected chi connectivity index (χ3v) is 3.90. The van der Waals surface area contributed by atoms with Crippen molar-refractivity contribution in [2.75, 3.05) is 12.4 Å². The van der Waals surface area contributed by atoms with Gasteiger partial charge in [-0.05, 0) is 34.5 Å². The molecule has 0 saturated carbocycles. The minimum atomic E-state index is 0.546. The summed E-state index contributed by atoms with van der Waals surface area (Å²) < 4.78 is 1.17. The predicted molar refractivity (Wildman–Crippen MR) is 63.6 cm³/mol. The number of thiophene rings is 1. The van der Waals surface area contributed by atoms with Gasteiger partial charge >= 0.3 is 0 Å². The van der Waals surface area contributed by atoms with Gasteiger partial charge in [-0.3, -0.25) is 0 Å². The molecular weight excluding hydrogens is 270 g/mol. The first-order chi connectivity index (χ1) is 6.22. The molecule has 0 spiro atoms. The number of hydrogen-bond acceptors (Lipinski definition) is 2. The maximum Gasteiger partial charge on any atom is 0.0300 e. The van der Waals surface area contributed by atoms with E-state index in [1.54, 1.807) is 11.3 Å². The smallest absolute Gasteiger partial charge is 0.0300 e. The lowest BCUT2D eigenvalue weighted by Gasteiger charge is -2.07. The summed E-state index contributed by atoms with van der Waals surface area (Å²) in [6.45, 7) is 4.07. The second-order valence-corrected chi connectivity index (χ2v) is 5.34. The molecule has 1 atom stereocenters. The zero-order valence-corrected chi connectivity index (χ0v) is 10.7. The highest BCUT2D eigenvalue weighted by Gasteiger charge is 2.00. The van der Waals surface area contributed by atoms with E-state index in [2.05, 4.69) is 39.6 Å². The van der Waals surface area contributed by atoms with E-state index >= 15 is 0 Å². The van der Waals surface area contributed by atoms with Crippen molar-refractivity contribution in [2.24, 2.45) is 5.92 Å². The first kappa shape index (κ1) is 11.5. The van der Waals surface area contributed by atoms with Crippen LogP contribution >= 0.6 is 38.9 Å². The summed E-state index contributed by atoms with van der Waals surface area (Å²) in [4.78, 5) is 1.36. The van der Waals surface area contributed by atoms with Crippen LogP contribution in [0.25, 0.3) is 0 Å². The molecule has 74 valence electrons. The lowest BCUT2D eigenvalue weighted by molar-refractivity contribution is 0.559. The summed E-state index contributed by atoms with van der Waals surface area (Å²) in [5.74, 6) is 1.27. The summed E-state index contributed by atoms with van der Waals surface area (Å²) in [6, 6.07) is 2.14. The van der Waals surface area contributed by atoms with Gasteiger partial charge in [0.1, 0.15) is 0 Å². The second kappa shape index (κ2) is 6.02. The minimum Gasteiger partial charge on any atom is -0.312 e. The molecule has 0 saturated heterocycles. The van der Waals surface area contributed by atoms with E-state index in [9.17, 15) is 0 Å². The summed E-state index contributed by atoms with van der Waals surface area (Å²) >= 11 is 10.9. The van der Waals surface area contributed by atoms with Crippen molar-refractivity contribution in [3.8, 4) is 0 Å². The molecule has 0 amide bonds. The Hall–Kier alpha value is 0.430. The molecule has 1 heterocycles. The van der Waals surface area contributed by atoms with Gasteiger partial charge in [-0.15, -0.1) is 22.9 Å². The van der Waals surface area contributed by atoms with Gasteiger partial charge in [-0.2, -0.15) is 0 Å². The Balaban J connectivity index is 2.20. The predicted octanol–water partition coefficient (Wildman–Crippen LogP) is 3.48. The Labute approximate surface area is 96.6 Å². The molecular formula is C9H13BrClNS. The summed E-state index contributed by atoms with van der Waals surface area (Å²) in [6.07, 6.45) is 0. The van der Waals surface area contributed by atoms with Crippen molar-refractivity contribution in [3.05, 3.63) is 20.8 Å². The molecule has 0 radical (unpaired) electrons. The van der Waals surface area contributed by atoms with E-state index in [1.165, 1.54) is 9.35 Å². The average molecular weight is 283 g/mol. The second-order valence-electron chi connectivity index (χ2n) is 3.12. The summed E-state index contributed by atoms with van der Waals surface area (Å²) in [7, 11) is 0. The molecule has 4 heteroatoms. The average Bonchev–Trinajstić information content (AvgIpc) is 2.51. The van der Waals surface area contributed by atoms with Gasteiger partial charge < -0.3 is 5.32 Å². The quantitative estimate of drug-likeness (QED) is 0.816. The van der Waals surface area contributed by atoms with Gasteiger partial charge in [0.25, 0.3) is 0 Å². The van der Waals surface area contributed by atoms with Gasteiger partial charge in [0.15, 0.2) is 0 Å². The maximum absolute atomic E-state index is 5.69. The van der Waals surface area contributed by atoms with Crippen LogP contribution in [0.3, 0.4) is 0 Å². The molecule has 0 bridgehead atoms. The third kappa shape index (κ3) is 4.45. The molecule has 1 N–H and O–H groups in total. The fraction of sp³-hybridized carbons (Fsp3) is 0.556. The largest absolute Gasteiger partial charge is 0.312 e. The molecule has 1 nitrogen and oxygen atoms in total. The standard InChI is InChI=1S/C9H13BrClNS/c1-7(3-11)4-12-5-9-2-8(10)6-13-9/h2,6-7,12H,3-5H2,1H3. The summed E-state index contributed by atoms with van der Waals surface area (Å²) in [5, 5.41) is 5.47. The highest BCUT2D eigenvalue weighted by molar-refractivity contribution is 9.10. The van der Waals surface area contributed by atoms with Crippen LogP contribution in [0.5, 0.6) is 0 Å². The van der Waals surface area contributed by atoms with Gasteiger partial charge in [0.2, 0.25) is 0 Å². The number of nitrogens with one attached hydrogen (secondary N) is 1. The Morgan fingerprint density at radius 3 is 3.00 bits per heavy atom. The van der Waals surface area contributed by atoms with Crippen molar-refractivity contribution >= 4 is 38.9 Å². The highest BCUT2D eigenvalue weighted by Crippen LogP contribution is 2.19. The fourth-order valence-corrected chi connectivity index (χ4v) is 2.47. The molecule has 0 aliphatic carbocycles. The third-order valence-electron chi connectivity index (χ3n) is 1.68.